The van der Waals surface area contributed by atoms with E-state index in [-0.39, 0.29) is 26.9 Å². The Kier molecular flexibility index (Phi) is 7.86. The van der Waals surface area contributed by atoms with Gasteiger partial charge in [-0.2, -0.15) is 4.31 Å². The van der Waals surface area contributed by atoms with E-state index < -0.39 is 32.9 Å². The second-order valence-electron chi connectivity index (χ2n) is 8.24. The van der Waals surface area contributed by atoms with E-state index in [1.165, 1.54) is 40.7 Å². The fourth-order valence-corrected chi connectivity index (χ4v) is 5.57. The number of nitrogens with zero attached hydrogens (tertiary/aromatic N) is 2. The fraction of sp³-hybridized carbons (Fsp3) is 0.200. The Hall–Kier alpha value is -3.80. The molecule has 1 atom stereocenters. The van der Waals surface area contributed by atoms with Gasteiger partial charge in [0.25, 0.3) is 11.6 Å². The van der Waals surface area contributed by atoms with Gasteiger partial charge in [0.1, 0.15) is 0 Å². The SMILES string of the molecule is O=C(OC(C(=O)Nc1ccc([N+](=O)[O-])cc1Cl)c1ccccc1)c1ccc(S(=O)(=O)N2CCCC2)cc1. The molecule has 1 N–H and O–H groups in total. The molecule has 37 heavy (non-hydrogen) atoms. The molecule has 4 rings (SSSR count). The van der Waals surface area contributed by atoms with Gasteiger partial charge in [-0.05, 0) is 43.2 Å². The van der Waals surface area contributed by atoms with Crippen LogP contribution in [0.4, 0.5) is 11.4 Å². The van der Waals surface area contributed by atoms with Crippen molar-refractivity contribution in [2.75, 3.05) is 18.4 Å². The van der Waals surface area contributed by atoms with Gasteiger partial charge < -0.3 is 10.1 Å². The molecule has 0 saturated carbocycles. The number of benzene rings is 3. The number of carbonyl (C=O) groups is 2. The van der Waals surface area contributed by atoms with Crippen molar-refractivity contribution in [3.05, 3.63) is 99.1 Å². The van der Waals surface area contributed by atoms with E-state index in [9.17, 15) is 28.1 Å². The molecule has 1 heterocycles. The molecule has 12 heteroatoms. The van der Waals surface area contributed by atoms with Gasteiger partial charge in [0, 0.05) is 30.8 Å². The number of anilines is 1. The van der Waals surface area contributed by atoms with Crippen LogP contribution in [0, 0.1) is 10.1 Å². The second-order valence-corrected chi connectivity index (χ2v) is 10.6. The number of non-ortho nitro benzene ring substituents is 1. The zero-order valence-electron chi connectivity index (χ0n) is 19.4. The number of nitro benzene ring substituents is 1. The van der Waals surface area contributed by atoms with Gasteiger partial charge >= 0.3 is 5.97 Å². The lowest BCUT2D eigenvalue weighted by molar-refractivity contribution is -0.384. The van der Waals surface area contributed by atoms with Crippen molar-refractivity contribution in [1.82, 2.24) is 4.31 Å². The molecule has 1 unspecified atom stereocenters. The average molecular weight is 544 g/mol. The van der Waals surface area contributed by atoms with Gasteiger partial charge in [0.05, 0.1) is 26.1 Å². The molecule has 0 bridgehead atoms. The highest BCUT2D eigenvalue weighted by atomic mass is 35.5. The number of esters is 1. The molecule has 0 aliphatic carbocycles. The van der Waals surface area contributed by atoms with E-state index in [1.54, 1.807) is 30.3 Å². The number of rotatable bonds is 8. The van der Waals surface area contributed by atoms with E-state index in [0.717, 1.165) is 18.9 Å². The minimum Gasteiger partial charge on any atom is -0.444 e. The number of carbonyl (C=O) groups excluding carboxylic acids is 2. The van der Waals surface area contributed by atoms with Crippen LogP contribution < -0.4 is 5.32 Å². The summed E-state index contributed by atoms with van der Waals surface area (Å²) in [7, 11) is -3.65. The van der Waals surface area contributed by atoms with Gasteiger partial charge in [0.2, 0.25) is 16.1 Å². The van der Waals surface area contributed by atoms with E-state index >= 15 is 0 Å². The number of amides is 1. The lowest BCUT2D eigenvalue weighted by Gasteiger charge is -2.19. The largest absolute Gasteiger partial charge is 0.444 e. The molecule has 0 spiro atoms. The topological polar surface area (TPSA) is 136 Å². The standard InChI is InChI=1S/C25H22ClN3O7S/c26-21-16-19(29(32)33)10-13-22(21)27-24(30)23(17-6-2-1-3-7-17)36-25(31)18-8-11-20(12-9-18)37(34,35)28-14-4-5-15-28/h1-3,6-13,16,23H,4-5,14-15H2,(H,27,30). The fourth-order valence-electron chi connectivity index (χ4n) is 3.83. The smallest absolute Gasteiger partial charge is 0.339 e. The highest BCUT2D eigenvalue weighted by Gasteiger charge is 2.29. The minimum atomic E-state index is -3.65. The molecule has 1 amide bonds. The van der Waals surface area contributed by atoms with Crippen LogP contribution in [0.25, 0.3) is 0 Å². The maximum absolute atomic E-state index is 13.1. The second kappa shape index (κ2) is 11.1. The van der Waals surface area contributed by atoms with E-state index in [0.29, 0.717) is 18.7 Å². The first-order chi connectivity index (χ1) is 17.7. The molecule has 192 valence electrons. The maximum atomic E-state index is 13.1. The lowest BCUT2D eigenvalue weighted by Crippen LogP contribution is -2.28. The highest BCUT2D eigenvalue weighted by Crippen LogP contribution is 2.29. The van der Waals surface area contributed by atoms with Crippen LogP contribution in [0.1, 0.15) is 34.9 Å². The third-order valence-electron chi connectivity index (χ3n) is 5.78. The zero-order valence-corrected chi connectivity index (χ0v) is 20.9. The Morgan fingerprint density at radius 2 is 1.65 bits per heavy atom. The summed E-state index contributed by atoms with van der Waals surface area (Å²) >= 11 is 6.09. The minimum absolute atomic E-state index is 0.0578. The summed E-state index contributed by atoms with van der Waals surface area (Å²) in [5, 5.41) is 13.4. The van der Waals surface area contributed by atoms with E-state index in [2.05, 4.69) is 5.32 Å². The quantitative estimate of drug-likeness (QED) is 0.249. The Morgan fingerprint density at radius 1 is 1.00 bits per heavy atom. The van der Waals surface area contributed by atoms with Gasteiger partial charge in [-0.1, -0.05) is 41.9 Å². The first-order valence-electron chi connectivity index (χ1n) is 11.3. The highest BCUT2D eigenvalue weighted by molar-refractivity contribution is 7.89. The summed E-state index contributed by atoms with van der Waals surface area (Å²) < 4.78 is 32.4. The first kappa shape index (κ1) is 26.3. The molecule has 3 aromatic carbocycles. The summed E-state index contributed by atoms with van der Waals surface area (Å²) in [4.78, 5) is 36.4. The number of sulfonamides is 1. The van der Waals surface area contributed by atoms with Gasteiger partial charge in [0.15, 0.2) is 0 Å². The van der Waals surface area contributed by atoms with Crippen LogP contribution in [-0.2, 0) is 19.6 Å². The maximum Gasteiger partial charge on any atom is 0.339 e. The van der Waals surface area contributed by atoms with E-state index in [1.807, 2.05) is 0 Å². The monoisotopic (exact) mass is 543 g/mol. The Balaban J connectivity index is 1.54. The van der Waals surface area contributed by atoms with Crippen molar-refractivity contribution in [2.24, 2.45) is 0 Å². The average Bonchev–Trinajstić information content (AvgIpc) is 3.45. The molecule has 1 fully saturated rings. The Labute approximate surface area is 218 Å². The van der Waals surface area contributed by atoms with Crippen molar-refractivity contribution in [2.45, 2.75) is 23.8 Å². The third kappa shape index (κ3) is 5.96. The van der Waals surface area contributed by atoms with Crippen LogP contribution in [0.2, 0.25) is 5.02 Å². The van der Waals surface area contributed by atoms with Crippen molar-refractivity contribution < 1.29 is 27.7 Å². The van der Waals surface area contributed by atoms with Crippen LogP contribution in [0.15, 0.2) is 77.7 Å². The van der Waals surface area contributed by atoms with Crippen LogP contribution in [0.3, 0.4) is 0 Å². The van der Waals surface area contributed by atoms with Gasteiger partial charge in [-0.15, -0.1) is 0 Å². The number of hydrogen-bond acceptors (Lipinski definition) is 7. The molecule has 1 aliphatic heterocycles. The van der Waals surface area contributed by atoms with E-state index in [4.69, 9.17) is 16.3 Å². The summed E-state index contributed by atoms with van der Waals surface area (Å²) in [6.45, 7) is 0.914. The van der Waals surface area contributed by atoms with Gasteiger partial charge in [-0.3, -0.25) is 14.9 Å². The Bertz CT molecular complexity index is 1420. The normalized spacial score (nSPS) is 14.6. The lowest BCUT2D eigenvalue weighted by atomic mass is 10.1. The summed E-state index contributed by atoms with van der Waals surface area (Å²) in [5.74, 6) is -1.58. The number of nitro groups is 1. The molecule has 0 aromatic heterocycles. The number of hydrogen-bond donors (Lipinski definition) is 1. The molecule has 1 saturated heterocycles. The molecule has 1 aliphatic rings. The summed E-state index contributed by atoms with van der Waals surface area (Å²) in [5.41, 5.74) is 0.289. The number of halogens is 1. The zero-order chi connectivity index (χ0) is 26.6. The predicted octanol–water partition coefficient (Wildman–Crippen LogP) is 4.57. The Morgan fingerprint density at radius 3 is 2.24 bits per heavy atom. The van der Waals surface area contributed by atoms with Crippen molar-refractivity contribution in [3.63, 3.8) is 0 Å². The number of ether oxygens (including phenoxy) is 1. The molecular weight excluding hydrogens is 522 g/mol. The summed E-state index contributed by atoms with van der Waals surface area (Å²) in [6, 6.07) is 17.1. The van der Waals surface area contributed by atoms with Crippen molar-refractivity contribution in [3.8, 4) is 0 Å². The molecular formula is C25H22ClN3O7S. The molecule has 10 nitrogen and oxygen atoms in total. The van der Waals surface area contributed by atoms with Crippen LogP contribution in [0.5, 0.6) is 0 Å². The number of nitrogens with one attached hydrogen (secondary N) is 1. The van der Waals surface area contributed by atoms with Crippen molar-refractivity contribution in [1.29, 1.82) is 0 Å². The van der Waals surface area contributed by atoms with Crippen molar-refractivity contribution >= 4 is 44.9 Å². The van der Waals surface area contributed by atoms with Gasteiger partial charge in [-0.25, -0.2) is 13.2 Å². The van der Waals surface area contributed by atoms with Crippen LogP contribution >= 0.6 is 11.6 Å². The molecule has 0 radical (unpaired) electrons. The predicted molar refractivity (Wildman–Crippen MR) is 136 cm³/mol. The first-order valence-corrected chi connectivity index (χ1v) is 13.1. The van der Waals surface area contributed by atoms with Crippen LogP contribution in [-0.4, -0.2) is 42.6 Å². The third-order valence-corrected chi connectivity index (χ3v) is 8.01. The molecule has 3 aromatic rings. The summed E-state index contributed by atoms with van der Waals surface area (Å²) in [6.07, 6.45) is 0.225.